The molecule has 1 atom stereocenters. The lowest BCUT2D eigenvalue weighted by atomic mass is 10.0. The van der Waals surface area contributed by atoms with Gasteiger partial charge in [-0.05, 0) is 54.8 Å². The number of hydrogen-bond acceptors (Lipinski definition) is 2. The molecule has 0 saturated carbocycles. The molecule has 2 nitrogen and oxygen atoms in total. The van der Waals surface area contributed by atoms with Crippen molar-refractivity contribution in [3.63, 3.8) is 0 Å². The molecular formula is C17H14BrClO2. The van der Waals surface area contributed by atoms with Crippen LogP contribution in [0.2, 0.25) is 5.02 Å². The summed E-state index contributed by atoms with van der Waals surface area (Å²) in [7, 11) is 0. The van der Waals surface area contributed by atoms with Gasteiger partial charge in [0, 0.05) is 14.9 Å². The maximum Gasteiger partial charge on any atom is 0.138 e. The summed E-state index contributed by atoms with van der Waals surface area (Å²) in [6.07, 6.45) is -0.790. The quantitative estimate of drug-likeness (QED) is 0.646. The van der Waals surface area contributed by atoms with Gasteiger partial charge in [-0.25, -0.2) is 0 Å². The Labute approximate surface area is 136 Å². The van der Waals surface area contributed by atoms with Gasteiger partial charge in [0.15, 0.2) is 0 Å². The zero-order valence-corrected chi connectivity index (χ0v) is 14.0. The molecule has 0 aliphatic heterocycles. The predicted octanol–water partition coefficient (Wildman–Crippen LogP) is 5.55. The summed E-state index contributed by atoms with van der Waals surface area (Å²) in [6.45, 7) is 4.01. The van der Waals surface area contributed by atoms with Crippen molar-refractivity contribution in [3.05, 3.63) is 68.3 Å². The number of hydrogen-bond donors (Lipinski definition) is 1. The van der Waals surface area contributed by atoms with E-state index in [0.717, 1.165) is 32.1 Å². The second kappa shape index (κ2) is 5.48. The number of aryl methyl sites for hydroxylation is 2. The van der Waals surface area contributed by atoms with E-state index < -0.39 is 6.10 Å². The van der Waals surface area contributed by atoms with Gasteiger partial charge in [0.1, 0.15) is 17.4 Å². The lowest BCUT2D eigenvalue weighted by Crippen LogP contribution is -1.99. The number of aliphatic hydroxyl groups is 1. The van der Waals surface area contributed by atoms with E-state index in [1.54, 1.807) is 6.07 Å². The monoisotopic (exact) mass is 364 g/mol. The Morgan fingerprint density at radius 1 is 1.10 bits per heavy atom. The van der Waals surface area contributed by atoms with Crippen LogP contribution < -0.4 is 0 Å². The molecule has 0 bridgehead atoms. The molecule has 0 amide bonds. The van der Waals surface area contributed by atoms with E-state index in [2.05, 4.69) is 15.9 Å². The van der Waals surface area contributed by atoms with Crippen LogP contribution in [0.5, 0.6) is 0 Å². The lowest BCUT2D eigenvalue weighted by molar-refractivity contribution is 0.192. The zero-order valence-electron chi connectivity index (χ0n) is 11.7. The third-order valence-corrected chi connectivity index (χ3v) is 5.03. The van der Waals surface area contributed by atoms with E-state index >= 15 is 0 Å². The van der Waals surface area contributed by atoms with Gasteiger partial charge in [-0.2, -0.15) is 0 Å². The second-order valence-corrected chi connectivity index (χ2v) is 6.43. The Balaban J connectivity index is 2.05. The molecule has 108 valence electrons. The first-order chi connectivity index (χ1) is 9.95. The van der Waals surface area contributed by atoms with Crippen LogP contribution in [0.25, 0.3) is 11.0 Å². The Morgan fingerprint density at radius 3 is 2.43 bits per heavy atom. The summed E-state index contributed by atoms with van der Waals surface area (Å²) in [5.74, 6) is 0.522. The molecule has 0 fully saturated rings. The van der Waals surface area contributed by atoms with Crippen molar-refractivity contribution in [2.24, 2.45) is 0 Å². The van der Waals surface area contributed by atoms with E-state index in [9.17, 15) is 5.11 Å². The molecule has 2 aromatic carbocycles. The summed E-state index contributed by atoms with van der Waals surface area (Å²) in [6, 6.07) is 11.2. The van der Waals surface area contributed by atoms with Crippen LogP contribution in [0, 0.1) is 13.8 Å². The number of halogens is 2. The molecule has 3 rings (SSSR count). The molecule has 1 heterocycles. The number of benzene rings is 2. The topological polar surface area (TPSA) is 33.4 Å². The highest BCUT2D eigenvalue weighted by molar-refractivity contribution is 9.10. The highest BCUT2D eigenvalue weighted by Gasteiger charge is 2.17. The highest BCUT2D eigenvalue weighted by atomic mass is 79.9. The summed E-state index contributed by atoms with van der Waals surface area (Å²) in [4.78, 5) is 0. The first-order valence-electron chi connectivity index (χ1n) is 6.59. The predicted molar refractivity (Wildman–Crippen MR) is 88.9 cm³/mol. The van der Waals surface area contributed by atoms with Crippen molar-refractivity contribution in [1.82, 2.24) is 0 Å². The van der Waals surface area contributed by atoms with Gasteiger partial charge in [-0.1, -0.05) is 39.7 Å². The van der Waals surface area contributed by atoms with E-state index in [1.165, 1.54) is 0 Å². The maximum atomic E-state index is 10.6. The molecule has 0 radical (unpaired) electrons. The number of aliphatic hydroxyl groups excluding tert-OH is 1. The molecule has 3 aromatic rings. The van der Waals surface area contributed by atoms with Crippen molar-refractivity contribution in [2.75, 3.05) is 0 Å². The number of rotatable bonds is 2. The van der Waals surface area contributed by atoms with Gasteiger partial charge in [0.25, 0.3) is 0 Å². The summed E-state index contributed by atoms with van der Waals surface area (Å²) in [5, 5.41) is 12.1. The van der Waals surface area contributed by atoms with Crippen molar-refractivity contribution < 1.29 is 9.52 Å². The van der Waals surface area contributed by atoms with Crippen LogP contribution >= 0.6 is 27.5 Å². The lowest BCUT2D eigenvalue weighted by Gasteiger charge is -2.12. The van der Waals surface area contributed by atoms with E-state index in [0.29, 0.717) is 10.8 Å². The van der Waals surface area contributed by atoms with Gasteiger partial charge in [-0.15, -0.1) is 0 Å². The largest absolute Gasteiger partial charge is 0.458 e. The van der Waals surface area contributed by atoms with Crippen molar-refractivity contribution in [1.29, 1.82) is 0 Å². The average molecular weight is 366 g/mol. The minimum atomic E-state index is -0.790. The van der Waals surface area contributed by atoms with Gasteiger partial charge in [0.2, 0.25) is 0 Å². The highest BCUT2D eigenvalue weighted by Crippen LogP contribution is 2.32. The third kappa shape index (κ3) is 2.73. The van der Waals surface area contributed by atoms with Crippen LogP contribution in [0.3, 0.4) is 0 Å². The van der Waals surface area contributed by atoms with Gasteiger partial charge < -0.3 is 9.52 Å². The summed E-state index contributed by atoms with van der Waals surface area (Å²) in [5.41, 5.74) is 3.71. The van der Waals surface area contributed by atoms with Gasteiger partial charge >= 0.3 is 0 Å². The molecule has 0 aliphatic rings. The standard InChI is InChI=1S/C17H14BrClO2/c1-9-5-12(6-10(2)16(9)18)17(20)15-8-11-7-13(19)3-4-14(11)21-15/h3-8,17,20H,1-2H3. The zero-order chi connectivity index (χ0) is 15.1. The Bertz CT molecular complexity index is 800. The maximum absolute atomic E-state index is 10.6. The van der Waals surface area contributed by atoms with Crippen molar-refractivity contribution >= 4 is 38.5 Å². The van der Waals surface area contributed by atoms with Crippen LogP contribution in [0.15, 0.2) is 45.3 Å². The average Bonchev–Trinajstić information content (AvgIpc) is 2.86. The third-order valence-electron chi connectivity index (χ3n) is 3.54. The molecule has 4 heteroatoms. The summed E-state index contributed by atoms with van der Waals surface area (Å²) >= 11 is 9.51. The number of fused-ring (bicyclic) bond motifs is 1. The van der Waals surface area contributed by atoms with Crippen LogP contribution in [-0.4, -0.2) is 5.11 Å². The SMILES string of the molecule is Cc1cc(C(O)c2cc3cc(Cl)ccc3o2)cc(C)c1Br. The van der Waals surface area contributed by atoms with Crippen LogP contribution in [0.1, 0.15) is 28.6 Å². The van der Waals surface area contributed by atoms with Crippen molar-refractivity contribution in [3.8, 4) is 0 Å². The second-order valence-electron chi connectivity index (χ2n) is 5.20. The Hall–Kier alpha value is -1.29. The van der Waals surface area contributed by atoms with Gasteiger partial charge in [0.05, 0.1) is 0 Å². The molecule has 0 aliphatic carbocycles. The fourth-order valence-electron chi connectivity index (χ4n) is 2.47. The molecule has 21 heavy (non-hydrogen) atoms. The fourth-order valence-corrected chi connectivity index (χ4v) is 2.88. The Kier molecular flexibility index (Phi) is 3.82. The van der Waals surface area contributed by atoms with Crippen LogP contribution in [-0.2, 0) is 0 Å². The normalized spacial score (nSPS) is 12.8. The number of furan rings is 1. The van der Waals surface area contributed by atoms with E-state index in [4.69, 9.17) is 16.0 Å². The van der Waals surface area contributed by atoms with E-state index in [1.807, 2.05) is 44.2 Å². The molecular weight excluding hydrogens is 352 g/mol. The molecule has 1 unspecified atom stereocenters. The summed E-state index contributed by atoms with van der Waals surface area (Å²) < 4.78 is 6.79. The molecule has 0 saturated heterocycles. The minimum Gasteiger partial charge on any atom is -0.458 e. The Morgan fingerprint density at radius 2 is 1.76 bits per heavy atom. The van der Waals surface area contributed by atoms with Crippen LogP contribution in [0.4, 0.5) is 0 Å². The first kappa shape index (κ1) is 14.6. The minimum absolute atomic E-state index is 0.522. The smallest absolute Gasteiger partial charge is 0.138 e. The first-order valence-corrected chi connectivity index (χ1v) is 7.76. The molecule has 1 N–H and O–H groups in total. The van der Waals surface area contributed by atoms with Gasteiger partial charge in [-0.3, -0.25) is 0 Å². The van der Waals surface area contributed by atoms with E-state index in [-0.39, 0.29) is 0 Å². The molecule has 0 spiro atoms. The molecule has 1 aromatic heterocycles. The van der Waals surface area contributed by atoms with Crippen molar-refractivity contribution in [2.45, 2.75) is 20.0 Å². The fraction of sp³-hybridized carbons (Fsp3) is 0.176.